The maximum atomic E-state index is 13.9. The molecule has 1 fully saturated rings. The fourth-order valence-corrected chi connectivity index (χ4v) is 3.18. The Bertz CT molecular complexity index is 833. The largest absolute Gasteiger partial charge is 0.345 e. The van der Waals surface area contributed by atoms with Crippen molar-refractivity contribution < 1.29 is 14.0 Å². The molecule has 2 aromatic rings. The zero-order valence-electron chi connectivity index (χ0n) is 15.0. The molecule has 0 saturated carbocycles. The fourth-order valence-electron chi connectivity index (χ4n) is 3.18. The Kier molecular flexibility index (Phi) is 5.03. The molecular weight excluding hydrogens is 337 g/mol. The smallest absolute Gasteiger partial charge is 0.256 e. The second kappa shape index (κ2) is 7.25. The molecule has 0 spiro atoms. The lowest BCUT2D eigenvalue weighted by atomic mass is 9.90. The predicted molar refractivity (Wildman–Crippen MR) is 95.4 cm³/mol. The van der Waals surface area contributed by atoms with Crippen LogP contribution in [0.4, 0.5) is 10.1 Å². The number of carbonyl (C=O) groups excluding carboxylic acids is 2. The topological polar surface area (TPSA) is 79.3 Å². The van der Waals surface area contributed by atoms with Crippen molar-refractivity contribution >= 4 is 17.5 Å². The Morgan fingerprint density at radius 1 is 1.35 bits per heavy atom. The van der Waals surface area contributed by atoms with E-state index in [0.29, 0.717) is 18.8 Å². The van der Waals surface area contributed by atoms with Gasteiger partial charge in [0.25, 0.3) is 5.91 Å². The SMILES string of the molecule is CN(C)C(=O)c1cc(NC(=O)[C@H]2CNC[C@@H]2c2cnn(C)c2)ccc1F. The highest BCUT2D eigenvalue weighted by Gasteiger charge is 2.34. The molecule has 0 aliphatic carbocycles. The minimum atomic E-state index is -0.613. The summed E-state index contributed by atoms with van der Waals surface area (Å²) in [6.45, 7) is 1.24. The van der Waals surface area contributed by atoms with E-state index in [-0.39, 0.29) is 23.3 Å². The van der Waals surface area contributed by atoms with E-state index in [0.717, 1.165) is 5.56 Å². The van der Waals surface area contributed by atoms with Crippen LogP contribution < -0.4 is 10.6 Å². The molecule has 0 bridgehead atoms. The highest BCUT2D eigenvalue weighted by molar-refractivity contribution is 5.98. The van der Waals surface area contributed by atoms with Crippen molar-refractivity contribution in [2.75, 3.05) is 32.5 Å². The van der Waals surface area contributed by atoms with Crippen LogP contribution in [0.25, 0.3) is 0 Å². The van der Waals surface area contributed by atoms with Gasteiger partial charge in [-0.3, -0.25) is 14.3 Å². The number of nitrogens with one attached hydrogen (secondary N) is 2. The summed E-state index contributed by atoms with van der Waals surface area (Å²) in [5.41, 5.74) is 1.33. The van der Waals surface area contributed by atoms with E-state index in [1.54, 1.807) is 25.0 Å². The molecule has 3 rings (SSSR count). The Morgan fingerprint density at radius 2 is 2.12 bits per heavy atom. The van der Waals surface area contributed by atoms with Gasteiger partial charge in [0.05, 0.1) is 17.7 Å². The lowest BCUT2D eigenvalue weighted by Crippen LogP contribution is -2.28. The van der Waals surface area contributed by atoms with Crippen molar-refractivity contribution in [1.82, 2.24) is 20.0 Å². The fraction of sp³-hybridized carbons (Fsp3) is 0.389. The summed E-state index contributed by atoms with van der Waals surface area (Å²) in [4.78, 5) is 26.1. The molecule has 7 nitrogen and oxygen atoms in total. The van der Waals surface area contributed by atoms with Crippen LogP contribution in [0.1, 0.15) is 21.8 Å². The van der Waals surface area contributed by atoms with Crippen LogP contribution in [0.15, 0.2) is 30.6 Å². The van der Waals surface area contributed by atoms with Gasteiger partial charge in [0.15, 0.2) is 0 Å². The Balaban J connectivity index is 1.77. The molecule has 2 amide bonds. The van der Waals surface area contributed by atoms with Gasteiger partial charge in [0.2, 0.25) is 5.91 Å². The maximum Gasteiger partial charge on any atom is 0.256 e. The van der Waals surface area contributed by atoms with Crippen LogP contribution in [0.2, 0.25) is 0 Å². The normalized spacial score (nSPS) is 19.4. The van der Waals surface area contributed by atoms with E-state index in [1.807, 2.05) is 13.2 Å². The minimum absolute atomic E-state index is 0.0204. The number of anilines is 1. The third-order valence-electron chi connectivity index (χ3n) is 4.57. The van der Waals surface area contributed by atoms with Crippen LogP contribution in [0.5, 0.6) is 0 Å². The number of aryl methyl sites for hydroxylation is 1. The highest BCUT2D eigenvalue weighted by atomic mass is 19.1. The lowest BCUT2D eigenvalue weighted by Gasteiger charge is -2.18. The molecule has 1 saturated heterocycles. The quantitative estimate of drug-likeness (QED) is 0.860. The summed E-state index contributed by atoms with van der Waals surface area (Å²) in [6.07, 6.45) is 3.67. The summed E-state index contributed by atoms with van der Waals surface area (Å²) in [5.74, 6) is -1.48. The molecule has 1 aliphatic rings. The van der Waals surface area contributed by atoms with E-state index in [4.69, 9.17) is 0 Å². The Morgan fingerprint density at radius 3 is 2.77 bits per heavy atom. The molecule has 2 atom stereocenters. The second-order valence-corrected chi connectivity index (χ2v) is 6.70. The molecule has 0 radical (unpaired) electrons. The number of nitrogens with zero attached hydrogens (tertiary/aromatic N) is 3. The van der Waals surface area contributed by atoms with Crippen LogP contribution in [-0.4, -0.2) is 53.7 Å². The van der Waals surface area contributed by atoms with Crippen molar-refractivity contribution in [3.8, 4) is 0 Å². The molecule has 0 unspecified atom stereocenters. The average molecular weight is 359 g/mol. The summed E-state index contributed by atoms with van der Waals surface area (Å²) < 4.78 is 15.6. The monoisotopic (exact) mass is 359 g/mol. The first-order valence-electron chi connectivity index (χ1n) is 8.38. The zero-order chi connectivity index (χ0) is 18.8. The van der Waals surface area contributed by atoms with E-state index >= 15 is 0 Å². The van der Waals surface area contributed by atoms with Gasteiger partial charge in [-0.05, 0) is 23.8 Å². The molecule has 26 heavy (non-hydrogen) atoms. The Labute approximate surface area is 151 Å². The maximum absolute atomic E-state index is 13.9. The molecule has 2 heterocycles. The van der Waals surface area contributed by atoms with Gasteiger partial charge < -0.3 is 15.5 Å². The number of hydrogen-bond donors (Lipinski definition) is 2. The summed E-state index contributed by atoms with van der Waals surface area (Å²) in [5, 5.41) is 10.2. The van der Waals surface area contributed by atoms with Crippen LogP contribution >= 0.6 is 0 Å². The number of carbonyl (C=O) groups is 2. The molecule has 1 aromatic heterocycles. The van der Waals surface area contributed by atoms with Gasteiger partial charge in [0, 0.05) is 52.0 Å². The van der Waals surface area contributed by atoms with Crippen molar-refractivity contribution in [1.29, 1.82) is 0 Å². The molecule has 1 aromatic carbocycles. The van der Waals surface area contributed by atoms with E-state index in [2.05, 4.69) is 15.7 Å². The first-order valence-corrected chi connectivity index (χ1v) is 8.38. The predicted octanol–water partition coefficient (Wildman–Crippen LogP) is 1.20. The Hall–Kier alpha value is -2.74. The first-order chi connectivity index (χ1) is 12.4. The number of rotatable bonds is 4. The molecule has 138 valence electrons. The summed E-state index contributed by atoms with van der Waals surface area (Å²) >= 11 is 0. The third-order valence-corrected chi connectivity index (χ3v) is 4.57. The van der Waals surface area contributed by atoms with E-state index < -0.39 is 11.7 Å². The number of aromatic nitrogens is 2. The van der Waals surface area contributed by atoms with Crippen molar-refractivity contribution in [3.05, 3.63) is 47.5 Å². The van der Waals surface area contributed by atoms with Crippen molar-refractivity contribution in [3.63, 3.8) is 0 Å². The molecule has 2 N–H and O–H groups in total. The van der Waals surface area contributed by atoms with Gasteiger partial charge in [-0.1, -0.05) is 0 Å². The van der Waals surface area contributed by atoms with E-state index in [1.165, 1.54) is 23.1 Å². The second-order valence-electron chi connectivity index (χ2n) is 6.70. The van der Waals surface area contributed by atoms with Gasteiger partial charge in [0.1, 0.15) is 5.82 Å². The average Bonchev–Trinajstić information content (AvgIpc) is 3.24. The number of amides is 2. The summed E-state index contributed by atoms with van der Waals surface area (Å²) in [7, 11) is 4.94. The minimum Gasteiger partial charge on any atom is -0.345 e. The van der Waals surface area contributed by atoms with Crippen LogP contribution in [-0.2, 0) is 11.8 Å². The number of hydrogen-bond acceptors (Lipinski definition) is 4. The van der Waals surface area contributed by atoms with Gasteiger partial charge in [-0.25, -0.2) is 4.39 Å². The zero-order valence-corrected chi connectivity index (χ0v) is 15.0. The number of halogens is 1. The number of benzene rings is 1. The van der Waals surface area contributed by atoms with Crippen molar-refractivity contribution in [2.24, 2.45) is 13.0 Å². The van der Waals surface area contributed by atoms with Gasteiger partial charge in [-0.15, -0.1) is 0 Å². The van der Waals surface area contributed by atoms with Crippen molar-refractivity contribution in [2.45, 2.75) is 5.92 Å². The van der Waals surface area contributed by atoms with Gasteiger partial charge in [-0.2, -0.15) is 5.10 Å². The third kappa shape index (κ3) is 3.60. The first kappa shape index (κ1) is 18.1. The standard InChI is InChI=1S/C18H22FN5O2/c1-23(2)18(26)13-6-12(4-5-16(13)19)22-17(25)15-9-20-8-14(15)11-7-21-24(3)10-11/h4-7,10,14-15,20H,8-9H2,1-3H3,(H,22,25)/t14-,15+/m1/s1. The van der Waals surface area contributed by atoms with Crippen LogP contribution in [0.3, 0.4) is 0 Å². The highest BCUT2D eigenvalue weighted by Crippen LogP contribution is 2.29. The van der Waals surface area contributed by atoms with Gasteiger partial charge >= 0.3 is 0 Å². The molecule has 1 aliphatic heterocycles. The molecular formula is C18H22FN5O2. The lowest BCUT2D eigenvalue weighted by molar-refractivity contribution is -0.119. The van der Waals surface area contributed by atoms with E-state index in [9.17, 15) is 14.0 Å². The van der Waals surface area contributed by atoms with Crippen LogP contribution in [0, 0.1) is 11.7 Å². The summed E-state index contributed by atoms with van der Waals surface area (Å²) in [6, 6.07) is 4.02. The molecule has 8 heteroatoms.